The Morgan fingerprint density at radius 3 is 2.96 bits per heavy atom. The van der Waals surface area contributed by atoms with Gasteiger partial charge in [-0.25, -0.2) is 9.80 Å². The number of hydrazine groups is 2. The number of rotatable bonds is 6. The third-order valence-corrected chi connectivity index (χ3v) is 3.31. The Labute approximate surface area is 133 Å². The molecule has 1 aliphatic rings. The lowest BCUT2D eigenvalue weighted by Gasteiger charge is -2.18. The van der Waals surface area contributed by atoms with Gasteiger partial charge in [0.2, 0.25) is 5.90 Å². The smallest absolute Gasteiger partial charge is 0.337 e. The number of hydrogen-bond donors (Lipinski definition) is 5. The van der Waals surface area contributed by atoms with E-state index < -0.39 is 6.03 Å². The van der Waals surface area contributed by atoms with Crippen molar-refractivity contribution >= 4 is 17.6 Å². The van der Waals surface area contributed by atoms with Crippen LogP contribution in [0.3, 0.4) is 0 Å². The lowest BCUT2D eigenvalue weighted by atomic mass is 10.1. The van der Waals surface area contributed by atoms with Gasteiger partial charge in [-0.15, -0.1) is 0 Å². The number of urea groups is 1. The van der Waals surface area contributed by atoms with E-state index in [0.717, 1.165) is 23.5 Å². The van der Waals surface area contributed by atoms with Gasteiger partial charge in [0, 0.05) is 24.6 Å². The van der Waals surface area contributed by atoms with E-state index in [1.165, 1.54) is 25.5 Å². The maximum Gasteiger partial charge on any atom is 0.337 e. The number of carbonyl (C=O) groups is 1. The highest BCUT2D eigenvalue weighted by molar-refractivity contribution is 5.89. The van der Waals surface area contributed by atoms with E-state index in [9.17, 15) is 4.79 Å². The summed E-state index contributed by atoms with van der Waals surface area (Å²) in [5.74, 6) is 5.43. The summed E-state index contributed by atoms with van der Waals surface area (Å²) in [6, 6.07) is -0.458. The van der Waals surface area contributed by atoms with Gasteiger partial charge < -0.3 is 15.8 Å². The fraction of sp³-hybridized carbons (Fsp3) is 0.385. The van der Waals surface area contributed by atoms with Crippen molar-refractivity contribution in [1.82, 2.24) is 20.7 Å². The molecule has 0 atom stereocenters. The number of carbonyl (C=O) groups excluding carboxylic acids is 1. The molecule has 0 aliphatic heterocycles. The van der Waals surface area contributed by atoms with E-state index in [1.54, 1.807) is 0 Å². The highest BCUT2D eigenvalue weighted by Crippen LogP contribution is 2.41. The van der Waals surface area contributed by atoms with Crippen LogP contribution in [0.2, 0.25) is 0 Å². The van der Waals surface area contributed by atoms with Gasteiger partial charge in [0.1, 0.15) is 6.61 Å². The Balaban J connectivity index is 2.21. The minimum atomic E-state index is -0.458. The first kappa shape index (κ1) is 16.6. The highest BCUT2D eigenvalue weighted by Gasteiger charge is 2.30. The number of hydrogen-bond acceptors (Lipinski definition) is 8. The zero-order chi connectivity index (χ0) is 16.8. The Kier molecular flexibility index (Phi) is 5.44. The maximum atomic E-state index is 11.9. The summed E-state index contributed by atoms with van der Waals surface area (Å²) in [7, 11) is 1.48. The molecule has 1 aromatic rings. The van der Waals surface area contributed by atoms with E-state index in [0.29, 0.717) is 17.2 Å². The molecule has 7 N–H and O–H groups in total. The van der Waals surface area contributed by atoms with Gasteiger partial charge in [-0.1, -0.05) is 0 Å². The van der Waals surface area contributed by atoms with Gasteiger partial charge in [0.25, 0.3) is 0 Å². The van der Waals surface area contributed by atoms with Crippen molar-refractivity contribution in [3.05, 3.63) is 29.7 Å². The number of nitrogens with two attached hydrogens (primary N) is 2. The first-order chi connectivity index (χ1) is 11.1. The molecule has 0 bridgehead atoms. The van der Waals surface area contributed by atoms with E-state index in [2.05, 4.69) is 21.0 Å². The molecule has 0 spiro atoms. The van der Waals surface area contributed by atoms with Gasteiger partial charge in [-0.05, 0) is 19.0 Å². The Morgan fingerprint density at radius 1 is 1.61 bits per heavy atom. The van der Waals surface area contributed by atoms with Gasteiger partial charge in [0.05, 0.1) is 17.6 Å². The number of nitrogens with zero attached hydrogens (tertiary/aromatic N) is 3. The van der Waals surface area contributed by atoms with Gasteiger partial charge in [-0.2, -0.15) is 15.7 Å². The highest BCUT2D eigenvalue weighted by atomic mass is 16.5. The number of anilines is 1. The van der Waals surface area contributed by atoms with E-state index in [-0.39, 0.29) is 12.5 Å². The quantitative estimate of drug-likeness (QED) is 0.216. The molecule has 10 nitrogen and oxygen atoms in total. The molecular weight excluding hydrogens is 300 g/mol. The minimum absolute atomic E-state index is 0.0796. The van der Waals surface area contributed by atoms with Crippen LogP contribution in [0, 0.1) is 5.41 Å². The molecule has 0 saturated heterocycles. The Bertz CT molecular complexity index is 614. The summed E-state index contributed by atoms with van der Waals surface area (Å²) in [5.41, 5.74) is 9.38. The summed E-state index contributed by atoms with van der Waals surface area (Å²) in [4.78, 5) is 11.9. The van der Waals surface area contributed by atoms with Crippen molar-refractivity contribution in [2.75, 3.05) is 12.4 Å². The van der Waals surface area contributed by atoms with Crippen molar-refractivity contribution < 1.29 is 9.53 Å². The lowest BCUT2D eigenvalue weighted by molar-refractivity contribution is 0.202. The average Bonchev–Trinajstić information content (AvgIpc) is 3.37. The van der Waals surface area contributed by atoms with Crippen LogP contribution in [-0.2, 0) is 11.3 Å². The first-order valence-electron chi connectivity index (χ1n) is 7.01. The Hall–Kier alpha value is -2.72. The van der Waals surface area contributed by atoms with Crippen LogP contribution in [0.15, 0.2) is 18.5 Å². The van der Waals surface area contributed by atoms with E-state index in [1.807, 2.05) is 0 Å². The molecule has 0 unspecified atom stereocenters. The minimum Gasteiger partial charge on any atom is -0.473 e. The number of ether oxygens (including phenoxy) is 1. The third kappa shape index (κ3) is 4.37. The molecule has 2 amide bonds. The largest absolute Gasteiger partial charge is 0.473 e. The van der Waals surface area contributed by atoms with Gasteiger partial charge in [-0.3, -0.25) is 11.3 Å². The lowest BCUT2D eigenvalue weighted by Crippen LogP contribution is -2.46. The van der Waals surface area contributed by atoms with Crippen LogP contribution in [0.5, 0.6) is 0 Å². The predicted molar refractivity (Wildman–Crippen MR) is 84.0 cm³/mol. The zero-order valence-electron chi connectivity index (χ0n) is 12.7. The molecule has 1 aromatic heterocycles. The monoisotopic (exact) mass is 320 g/mol. The molecule has 1 saturated carbocycles. The standard InChI is InChI=1S/C13H20N8O2/c1-21(20-16)13(22)18-10-6-17-19-12(8-2-3-8)9(10)7-23-11(15)4-5-14/h4-6,8,15,20H,2-3,7,14,16H2,1H3,(H,18,19,22)/b5-4-,15-11?. The van der Waals surface area contributed by atoms with Crippen molar-refractivity contribution in [2.24, 2.45) is 11.6 Å². The molecule has 0 radical (unpaired) electrons. The van der Waals surface area contributed by atoms with Crippen molar-refractivity contribution in [3.63, 3.8) is 0 Å². The molecule has 1 heterocycles. The summed E-state index contributed by atoms with van der Waals surface area (Å²) < 4.78 is 5.34. The number of amides is 2. The summed E-state index contributed by atoms with van der Waals surface area (Å²) >= 11 is 0. The van der Waals surface area contributed by atoms with Crippen LogP contribution >= 0.6 is 0 Å². The topological polar surface area (TPSA) is 155 Å². The molecule has 0 aromatic carbocycles. The second-order valence-corrected chi connectivity index (χ2v) is 5.03. The number of nitrogens with one attached hydrogen (secondary N) is 3. The number of aromatic nitrogens is 2. The molecule has 10 heteroatoms. The van der Waals surface area contributed by atoms with Crippen molar-refractivity contribution in [1.29, 1.82) is 5.41 Å². The summed E-state index contributed by atoms with van der Waals surface area (Å²) in [6.07, 6.45) is 6.03. The summed E-state index contributed by atoms with van der Waals surface area (Å²) in [5, 5.41) is 19.4. The molecule has 124 valence electrons. The van der Waals surface area contributed by atoms with Crippen LogP contribution in [-0.4, -0.2) is 34.2 Å². The molecule has 1 aliphatic carbocycles. The van der Waals surface area contributed by atoms with E-state index >= 15 is 0 Å². The van der Waals surface area contributed by atoms with Crippen molar-refractivity contribution in [2.45, 2.75) is 25.4 Å². The molecular formula is C13H20N8O2. The Morgan fingerprint density at radius 2 is 2.35 bits per heavy atom. The molecule has 1 fully saturated rings. The van der Waals surface area contributed by atoms with Crippen LogP contribution in [0.1, 0.15) is 30.0 Å². The van der Waals surface area contributed by atoms with Crippen LogP contribution in [0.25, 0.3) is 0 Å². The molecule has 2 rings (SSSR count). The second kappa shape index (κ2) is 7.51. The van der Waals surface area contributed by atoms with E-state index in [4.69, 9.17) is 21.7 Å². The second-order valence-electron chi connectivity index (χ2n) is 5.03. The van der Waals surface area contributed by atoms with Gasteiger partial charge in [0.15, 0.2) is 0 Å². The fourth-order valence-corrected chi connectivity index (χ4v) is 1.91. The first-order valence-corrected chi connectivity index (χ1v) is 7.01. The molecule has 23 heavy (non-hydrogen) atoms. The van der Waals surface area contributed by atoms with Gasteiger partial charge >= 0.3 is 6.03 Å². The van der Waals surface area contributed by atoms with Crippen LogP contribution in [0.4, 0.5) is 10.5 Å². The average molecular weight is 320 g/mol. The third-order valence-electron chi connectivity index (χ3n) is 3.31. The van der Waals surface area contributed by atoms with Crippen LogP contribution < -0.4 is 22.4 Å². The zero-order valence-corrected chi connectivity index (χ0v) is 12.7. The maximum absolute atomic E-state index is 11.9. The predicted octanol–water partition coefficient (Wildman–Crippen LogP) is 0.162. The summed E-state index contributed by atoms with van der Waals surface area (Å²) in [6.45, 7) is 0.0832. The normalized spacial score (nSPS) is 13.8. The van der Waals surface area contributed by atoms with Crippen molar-refractivity contribution in [3.8, 4) is 0 Å². The fourth-order valence-electron chi connectivity index (χ4n) is 1.91. The SMILES string of the molecule is CN(NN)C(=O)Nc1cnnc(C2CC2)c1COC(=N)/C=C\N.